The van der Waals surface area contributed by atoms with Gasteiger partial charge >= 0.3 is 0 Å². The summed E-state index contributed by atoms with van der Waals surface area (Å²) in [7, 11) is 0. The molecular weight excluding hydrogens is 464 g/mol. The Morgan fingerprint density at radius 2 is 2.08 bits per heavy atom. The molecule has 1 aromatic heterocycles. The lowest BCUT2D eigenvalue weighted by Gasteiger charge is -2.28. The monoisotopic (exact) mass is 494 g/mol. The summed E-state index contributed by atoms with van der Waals surface area (Å²) in [6.07, 6.45) is 3.40. The van der Waals surface area contributed by atoms with Crippen molar-refractivity contribution in [1.29, 1.82) is 0 Å². The highest BCUT2D eigenvalue weighted by Gasteiger charge is 2.44. The maximum Gasteiger partial charge on any atom is 0.250 e. The molecule has 12 heteroatoms. The van der Waals surface area contributed by atoms with E-state index in [4.69, 9.17) is 0 Å². The summed E-state index contributed by atoms with van der Waals surface area (Å²) in [5.41, 5.74) is 2.62. The van der Waals surface area contributed by atoms with Crippen LogP contribution in [0.25, 0.3) is 0 Å². The van der Waals surface area contributed by atoms with Crippen LogP contribution < -0.4 is 15.5 Å². The molecule has 0 saturated carbocycles. The molecule has 1 unspecified atom stereocenters. The second-order valence-corrected chi connectivity index (χ2v) is 9.21. The molecule has 1 aromatic carbocycles. The van der Waals surface area contributed by atoms with E-state index in [1.54, 1.807) is 0 Å². The lowest BCUT2D eigenvalue weighted by Crippen LogP contribution is -2.55. The molecule has 0 bridgehead atoms. The summed E-state index contributed by atoms with van der Waals surface area (Å²) in [6, 6.07) is 4.21. The third kappa shape index (κ3) is 5.16. The molecule has 2 aliphatic heterocycles. The maximum absolute atomic E-state index is 13.8. The zero-order valence-corrected chi connectivity index (χ0v) is 20.5. The molecule has 0 saturated heterocycles. The van der Waals surface area contributed by atoms with Crippen molar-refractivity contribution < 1.29 is 19.2 Å². The van der Waals surface area contributed by atoms with Gasteiger partial charge in [-0.25, -0.2) is 4.99 Å². The van der Waals surface area contributed by atoms with Crippen LogP contribution in [0.1, 0.15) is 50.6 Å². The van der Waals surface area contributed by atoms with E-state index >= 15 is 0 Å². The van der Waals surface area contributed by atoms with Crippen LogP contribution in [0.5, 0.6) is 0 Å². The van der Waals surface area contributed by atoms with E-state index in [1.807, 2.05) is 32.0 Å². The first-order valence-corrected chi connectivity index (χ1v) is 12.1. The first-order valence-electron chi connectivity index (χ1n) is 12.1. The number of nitrogens with zero attached hydrogens (tertiary/aromatic N) is 5. The van der Waals surface area contributed by atoms with E-state index in [2.05, 4.69) is 36.3 Å². The third-order valence-corrected chi connectivity index (χ3v) is 6.81. The van der Waals surface area contributed by atoms with Gasteiger partial charge in [0.25, 0.3) is 0 Å². The largest absolute Gasteiger partial charge is 0.347 e. The van der Waals surface area contributed by atoms with Gasteiger partial charge in [-0.2, -0.15) is 5.21 Å². The smallest absolute Gasteiger partial charge is 0.250 e. The first kappa shape index (κ1) is 25.1. The minimum Gasteiger partial charge on any atom is -0.347 e. The van der Waals surface area contributed by atoms with Crippen molar-refractivity contribution in [2.24, 2.45) is 16.8 Å². The van der Waals surface area contributed by atoms with Crippen LogP contribution in [-0.4, -0.2) is 62.6 Å². The fraction of sp³-hybridized carbons (Fsp3) is 0.500. The number of anilines is 1. The van der Waals surface area contributed by atoms with Crippen LogP contribution in [0.3, 0.4) is 0 Å². The van der Waals surface area contributed by atoms with E-state index in [0.29, 0.717) is 31.5 Å². The summed E-state index contributed by atoms with van der Waals surface area (Å²) < 4.78 is 0. The zero-order valence-electron chi connectivity index (χ0n) is 20.5. The summed E-state index contributed by atoms with van der Waals surface area (Å²) in [6.45, 7) is 5.24. The molecule has 3 N–H and O–H groups in total. The number of benzene rings is 1. The van der Waals surface area contributed by atoms with Gasteiger partial charge in [0.2, 0.25) is 23.6 Å². The van der Waals surface area contributed by atoms with Crippen molar-refractivity contribution in [3.05, 3.63) is 35.2 Å². The van der Waals surface area contributed by atoms with Gasteiger partial charge in [0.15, 0.2) is 5.82 Å². The van der Waals surface area contributed by atoms with Crippen LogP contribution >= 0.6 is 0 Å². The molecule has 4 rings (SSSR count). The van der Waals surface area contributed by atoms with Crippen molar-refractivity contribution in [3.63, 3.8) is 0 Å². The van der Waals surface area contributed by atoms with Gasteiger partial charge < -0.3 is 10.6 Å². The van der Waals surface area contributed by atoms with Crippen molar-refractivity contribution in [1.82, 2.24) is 31.3 Å². The van der Waals surface area contributed by atoms with Crippen molar-refractivity contribution in [2.45, 2.75) is 65.1 Å². The molecule has 2 aliphatic rings. The summed E-state index contributed by atoms with van der Waals surface area (Å²) >= 11 is 0. The highest BCUT2D eigenvalue weighted by molar-refractivity contribution is 6.08. The lowest BCUT2D eigenvalue weighted by atomic mass is 9.91. The van der Waals surface area contributed by atoms with Crippen LogP contribution in [0, 0.1) is 11.8 Å². The summed E-state index contributed by atoms with van der Waals surface area (Å²) in [5, 5.41) is 19.2. The molecular formula is C24H30N8O4. The van der Waals surface area contributed by atoms with Crippen LogP contribution in [0.4, 0.5) is 5.69 Å². The number of aryl methyl sites for hydroxylation is 1. The Bertz CT molecular complexity index is 1180. The molecule has 4 amide bonds. The predicted octanol–water partition coefficient (Wildman–Crippen LogP) is 0.484. The second-order valence-electron chi connectivity index (χ2n) is 9.21. The normalized spacial score (nSPS) is 20.5. The number of aliphatic imine (C=N–C) groups is 1. The quantitative estimate of drug-likeness (QED) is 0.450. The number of aromatic amines is 1. The Hall–Kier alpha value is -3.96. The lowest BCUT2D eigenvalue weighted by molar-refractivity contribution is -0.130. The van der Waals surface area contributed by atoms with Gasteiger partial charge in [-0.15, -0.1) is 10.2 Å². The summed E-state index contributed by atoms with van der Waals surface area (Å²) in [4.78, 5) is 56.9. The number of para-hydroxylation sites is 1. The molecule has 36 heavy (non-hydrogen) atoms. The topological polar surface area (TPSA) is 162 Å². The fourth-order valence-corrected chi connectivity index (χ4v) is 4.70. The van der Waals surface area contributed by atoms with E-state index in [-0.39, 0.29) is 30.2 Å². The number of carbonyl (C=O) groups excluding carboxylic acids is 4. The Morgan fingerprint density at radius 1 is 1.31 bits per heavy atom. The average Bonchev–Trinajstić information content (AvgIpc) is 3.49. The number of nitrogens with one attached hydrogen (secondary N) is 3. The Morgan fingerprint density at radius 3 is 2.78 bits per heavy atom. The number of carbonyl (C=O) groups is 4. The molecule has 0 spiro atoms. The number of aromatic nitrogens is 4. The number of amides is 4. The van der Waals surface area contributed by atoms with Crippen LogP contribution in [0.2, 0.25) is 0 Å². The van der Waals surface area contributed by atoms with Gasteiger partial charge in [-0.1, -0.05) is 43.7 Å². The number of hydrogen-bond donors (Lipinski definition) is 3. The Balaban J connectivity index is 1.56. The molecule has 0 radical (unpaired) electrons. The number of tetrazole rings is 1. The van der Waals surface area contributed by atoms with Gasteiger partial charge in [0.05, 0.1) is 18.2 Å². The van der Waals surface area contributed by atoms with Crippen LogP contribution in [-0.2, 0) is 38.6 Å². The molecule has 4 atom stereocenters. The maximum atomic E-state index is 13.8. The van der Waals surface area contributed by atoms with E-state index < -0.39 is 23.9 Å². The Labute approximate surface area is 208 Å². The van der Waals surface area contributed by atoms with Gasteiger partial charge in [0, 0.05) is 19.6 Å². The number of rotatable bonds is 8. The van der Waals surface area contributed by atoms with Crippen molar-refractivity contribution >= 4 is 35.5 Å². The highest BCUT2D eigenvalue weighted by Crippen LogP contribution is 2.39. The zero-order chi connectivity index (χ0) is 25.8. The van der Waals surface area contributed by atoms with Crippen LogP contribution in [0.15, 0.2) is 23.2 Å². The molecule has 12 nitrogen and oxygen atoms in total. The molecule has 2 aromatic rings. The standard InChI is InChI=1S/C24H30N8O4/c1-4-13(2)17(11-25-14(3)33)22(34)27-18-9-8-15-6-5-7-16-10-19(32(21(15)16)24(18)36)23(35)26-12-20-28-30-31-29-20/h5-7,11,13,17-19H,4,8-10,12H2,1-3H3,(H,26,35)(H,27,34)(H,28,29,30,31)/t13-,17?,18-,19-/m0/s1. The second kappa shape index (κ2) is 10.8. The van der Waals surface area contributed by atoms with Gasteiger partial charge in [-0.05, 0) is 29.9 Å². The highest BCUT2D eigenvalue weighted by atomic mass is 16.2. The fourth-order valence-electron chi connectivity index (χ4n) is 4.70. The molecule has 3 heterocycles. The van der Waals surface area contributed by atoms with Crippen molar-refractivity contribution in [2.75, 3.05) is 4.90 Å². The third-order valence-electron chi connectivity index (χ3n) is 6.81. The SMILES string of the molecule is CC[C@H](C)C(C=NC(C)=O)C(=O)N[C@H]1CCc2cccc3c2N(C1=O)[C@H](C(=O)NCc1nn[nH]n1)C3. The minimum atomic E-state index is -0.819. The van der Waals surface area contributed by atoms with Gasteiger partial charge in [-0.3, -0.25) is 24.1 Å². The molecule has 0 fully saturated rings. The first-order chi connectivity index (χ1) is 17.3. The van der Waals surface area contributed by atoms with E-state index in [9.17, 15) is 19.2 Å². The van der Waals surface area contributed by atoms with E-state index in [0.717, 1.165) is 16.8 Å². The minimum absolute atomic E-state index is 0.0727. The van der Waals surface area contributed by atoms with E-state index in [1.165, 1.54) is 18.0 Å². The molecule has 0 aliphatic carbocycles. The summed E-state index contributed by atoms with van der Waals surface area (Å²) in [5.74, 6) is -1.83. The predicted molar refractivity (Wildman–Crippen MR) is 130 cm³/mol. The molecule has 190 valence electrons. The van der Waals surface area contributed by atoms with Gasteiger partial charge in [0.1, 0.15) is 12.1 Å². The number of hydrogen-bond acceptors (Lipinski definition) is 7. The Kier molecular flexibility index (Phi) is 7.51. The average molecular weight is 495 g/mol. The van der Waals surface area contributed by atoms with Crippen molar-refractivity contribution in [3.8, 4) is 0 Å². The number of H-pyrrole nitrogens is 1.